The number of allylic oxidation sites excluding steroid dienone is 2. The molecule has 3 heterocycles. The first-order valence-electron chi connectivity index (χ1n) is 11.2. The topological polar surface area (TPSA) is 97.2 Å². The van der Waals surface area contributed by atoms with Crippen LogP contribution in [0, 0.1) is 0 Å². The maximum Gasteiger partial charge on any atom is 0.208 e. The molecule has 33 heavy (non-hydrogen) atoms. The predicted octanol–water partition coefficient (Wildman–Crippen LogP) is 3.77. The number of hydrogen-bond acceptors (Lipinski definition) is 6. The summed E-state index contributed by atoms with van der Waals surface area (Å²) in [4.78, 5) is 4.88. The molecule has 0 aliphatic carbocycles. The minimum atomic E-state index is -0.651. The van der Waals surface area contributed by atoms with Gasteiger partial charge in [-0.25, -0.2) is 9.67 Å². The number of tetrazole rings is 1. The summed E-state index contributed by atoms with van der Waals surface area (Å²) in [7, 11) is 0. The standard InChI is InChI=1S/C25H26N8/c1-2-3-17-33-22(27-23(30-33)20-9-5-4-6-10-20)18-19-11-13-21(14-12-19)25(15-7-8-16-26-25)24-28-31-32-29-24/h4-16,26H,2-3,17-18H2,1H3,(H,28,29,31,32). The summed E-state index contributed by atoms with van der Waals surface area (Å²) in [5.74, 6) is 2.32. The number of benzene rings is 2. The summed E-state index contributed by atoms with van der Waals surface area (Å²) < 4.78 is 2.05. The molecule has 2 aromatic heterocycles. The molecule has 0 fully saturated rings. The summed E-state index contributed by atoms with van der Waals surface area (Å²) in [5, 5.41) is 23.0. The molecule has 4 aromatic rings. The second-order valence-electron chi connectivity index (χ2n) is 8.07. The third-order valence-electron chi connectivity index (χ3n) is 5.84. The van der Waals surface area contributed by atoms with Crippen LogP contribution in [0.1, 0.15) is 42.5 Å². The number of aromatic nitrogens is 7. The number of nitrogens with one attached hydrogen (secondary N) is 2. The monoisotopic (exact) mass is 438 g/mol. The summed E-state index contributed by atoms with van der Waals surface area (Å²) in [6, 6.07) is 18.6. The Bertz CT molecular complexity index is 1240. The molecule has 8 heteroatoms. The highest BCUT2D eigenvalue weighted by Gasteiger charge is 2.35. The average Bonchev–Trinajstić information content (AvgIpc) is 3.55. The van der Waals surface area contributed by atoms with Crippen molar-refractivity contribution in [2.45, 2.75) is 38.3 Å². The Hall–Kier alpha value is -4.07. The molecule has 0 amide bonds. The van der Waals surface area contributed by atoms with Crippen LogP contribution in [-0.2, 0) is 18.5 Å². The molecule has 1 aliphatic rings. The van der Waals surface area contributed by atoms with Crippen molar-refractivity contribution < 1.29 is 0 Å². The van der Waals surface area contributed by atoms with Gasteiger partial charge in [-0.05, 0) is 35.9 Å². The van der Waals surface area contributed by atoms with Gasteiger partial charge in [0.15, 0.2) is 5.82 Å². The molecule has 8 nitrogen and oxygen atoms in total. The van der Waals surface area contributed by atoms with Crippen LogP contribution in [0.15, 0.2) is 79.0 Å². The third kappa shape index (κ3) is 4.19. The molecule has 5 rings (SSSR count). The van der Waals surface area contributed by atoms with E-state index in [1.807, 2.05) is 42.6 Å². The first-order chi connectivity index (χ1) is 16.3. The van der Waals surface area contributed by atoms with Crippen molar-refractivity contribution in [3.63, 3.8) is 0 Å². The first-order valence-corrected chi connectivity index (χ1v) is 11.2. The molecular formula is C25H26N8. The van der Waals surface area contributed by atoms with Gasteiger partial charge in [-0.3, -0.25) is 0 Å². The van der Waals surface area contributed by atoms with Crippen LogP contribution in [0.3, 0.4) is 0 Å². The second-order valence-corrected chi connectivity index (χ2v) is 8.07. The molecule has 2 N–H and O–H groups in total. The third-order valence-corrected chi connectivity index (χ3v) is 5.84. The highest BCUT2D eigenvalue weighted by molar-refractivity contribution is 5.54. The fourth-order valence-corrected chi connectivity index (χ4v) is 4.03. The minimum absolute atomic E-state index is 0.572. The molecule has 166 valence electrons. The van der Waals surface area contributed by atoms with E-state index in [-0.39, 0.29) is 0 Å². The average molecular weight is 439 g/mol. The van der Waals surface area contributed by atoms with Crippen LogP contribution in [0.2, 0.25) is 0 Å². The zero-order chi connectivity index (χ0) is 22.5. The lowest BCUT2D eigenvalue weighted by atomic mass is 9.86. The molecule has 0 saturated carbocycles. The summed E-state index contributed by atoms with van der Waals surface area (Å²) in [5.41, 5.74) is 2.59. The maximum absolute atomic E-state index is 4.88. The molecule has 1 unspecified atom stereocenters. The molecule has 0 saturated heterocycles. The minimum Gasteiger partial charge on any atom is -0.372 e. The van der Waals surface area contributed by atoms with Gasteiger partial charge in [0, 0.05) is 18.5 Å². The van der Waals surface area contributed by atoms with E-state index >= 15 is 0 Å². The van der Waals surface area contributed by atoms with Crippen LogP contribution >= 0.6 is 0 Å². The van der Waals surface area contributed by atoms with Crippen molar-refractivity contribution in [1.82, 2.24) is 40.7 Å². The number of aryl methyl sites for hydroxylation is 1. The van der Waals surface area contributed by atoms with Crippen molar-refractivity contribution in [2.24, 2.45) is 0 Å². The van der Waals surface area contributed by atoms with Gasteiger partial charge in [-0.1, -0.05) is 79.2 Å². The van der Waals surface area contributed by atoms with Crippen LogP contribution in [0.4, 0.5) is 0 Å². The highest BCUT2D eigenvalue weighted by atomic mass is 15.5. The fraction of sp³-hybridized carbons (Fsp3) is 0.240. The zero-order valence-corrected chi connectivity index (χ0v) is 18.5. The number of aromatic amines is 1. The summed E-state index contributed by atoms with van der Waals surface area (Å²) in [6.45, 7) is 3.06. The molecule has 1 atom stereocenters. The SMILES string of the molecule is CCCCn1nc(-c2ccccc2)nc1Cc1ccc(C2(c3nn[nH]n3)C=CC=CN2)cc1. The van der Waals surface area contributed by atoms with E-state index in [9.17, 15) is 0 Å². The number of unbranched alkanes of at least 4 members (excludes halogenated alkanes) is 1. The molecule has 0 bridgehead atoms. The molecule has 0 radical (unpaired) electrons. The number of hydrogen-bond donors (Lipinski definition) is 2. The maximum atomic E-state index is 4.88. The lowest BCUT2D eigenvalue weighted by Crippen LogP contribution is -2.40. The van der Waals surface area contributed by atoms with E-state index in [0.717, 1.165) is 42.2 Å². The molecule has 0 spiro atoms. The molecule has 2 aromatic carbocycles. The Kier molecular flexibility index (Phi) is 5.80. The van der Waals surface area contributed by atoms with E-state index in [2.05, 4.69) is 73.9 Å². The van der Waals surface area contributed by atoms with Gasteiger partial charge in [0.2, 0.25) is 5.82 Å². The van der Waals surface area contributed by atoms with Gasteiger partial charge in [-0.15, -0.1) is 10.2 Å². The second kappa shape index (κ2) is 9.20. The lowest BCUT2D eigenvalue weighted by molar-refractivity contribution is 0.529. The van der Waals surface area contributed by atoms with Gasteiger partial charge in [-0.2, -0.15) is 10.3 Å². The number of rotatable bonds is 8. The highest BCUT2D eigenvalue weighted by Crippen LogP contribution is 2.30. The normalized spacial score (nSPS) is 17.2. The Labute approximate surface area is 192 Å². The lowest BCUT2D eigenvalue weighted by Gasteiger charge is -2.30. The Balaban J connectivity index is 1.43. The quantitative estimate of drug-likeness (QED) is 0.435. The van der Waals surface area contributed by atoms with Gasteiger partial charge < -0.3 is 5.32 Å². The molecular weight excluding hydrogens is 412 g/mol. The van der Waals surface area contributed by atoms with Gasteiger partial charge in [0.25, 0.3) is 0 Å². The van der Waals surface area contributed by atoms with Gasteiger partial charge >= 0.3 is 0 Å². The van der Waals surface area contributed by atoms with E-state index < -0.39 is 5.54 Å². The number of nitrogens with zero attached hydrogens (tertiary/aromatic N) is 6. The summed E-state index contributed by atoms with van der Waals surface area (Å²) in [6.07, 6.45) is 10.8. The van der Waals surface area contributed by atoms with E-state index in [4.69, 9.17) is 10.1 Å². The van der Waals surface area contributed by atoms with E-state index in [1.54, 1.807) is 0 Å². The first kappa shape index (κ1) is 20.8. The predicted molar refractivity (Wildman–Crippen MR) is 126 cm³/mol. The largest absolute Gasteiger partial charge is 0.372 e. The van der Waals surface area contributed by atoms with E-state index in [0.29, 0.717) is 12.2 Å². The van der Waals surface area contributed by atoms with Gasteiger partial charge in [0.05, 0.1) is 0 Å². The Morgan fingerprint density at radius 2 is 1.85 bits per heavy atom. The zero-order valence-electron chi connectivity index (χ0n) is 18.5. The Morgan fingerprint density at radius 3 is 2.55 bits per heavy atom. The van der Waals surface area contributed by atoms with Crippen LogP contribution in [0.25, 0.3) is 11.4 Å². The van der Waals surface area contributed by atoms with Crippen LogP contribution in [0.5, 0.6) is 0 Å². The fourth-order valence-electron chi connectivity index (χ4n) is 4.03. The summed E-state index contributed by atoms with van der Waals surface area (Å²) >= 11 is 0. The van der Waals surface area contributed by atoms with Crippen molar-refractivity contribution in [3.8, 4) is 11.4 Å². The Morgan fingerprint density at radius 1 is 1.00 bits per heavy atom. The smallest absolute Gasteiger partial charge is 0.208 e. The number of dihydropyridines is 1. The van der Waals surface area contributed by atoms with Crippen molar-refractivity contribution in [3.05, 3.63) is 102 Å². The van der Waals surface area contributed by atoms with Gasteiger partial charge in [0.1, 0.15) is 11.4 Å². The van der Waals surface area contributed by atoms with E-state index in [1.165, 1.54) is 5.56 Å². The van der Waals surface area contributed by atoms with Crippen molar-refractivity contribution in [2.75, 3.05) is 0 Å². The van der Waals surface area contributed by atoms with Crippen LogP contribution < -0.4 is 5.32 Å². The van der Waals surface area contributed by atoms with Crippen molar-refractivity contribution >= 4 is 0 Å². The van der Waals surface area contributed by atoms with Crippen LogP contribution in [-0.4, -0.2) is 35.4 Å². The number of H-pyrrole nitrogens is 1. The van der Waals surface area contributed by atoms with Crippen molar-refractivity contribution in [1.29, 1.82) is 0 Å². The molecule has 1 aliphatic heterocycles.